The minimum atomic E-state index is 0.390. The molecular formula is C18H26N2. The van der Waals surface area contributed by atoms with Crippen LogP contribution in [-0.2, 0) is 0 Å². The molecule has 0 aromatic heterocycles. The van der Waals surface area contributed by atoms with E-state index in [1.54, 1.807) is 0 Å². The lowest BCUT2D eigenvalue weighted by atomic mass is 9.77. The van der Waals surface area contributed by atoms with Gasteiger partial charge in [0.25, 0.3) is 0 Å². The third-order valence-electron chi connectivity index (χ3n) is 4.57. The van der Waals surface area contributed by atoms with E-state index in [2.05, 4.69) is 43.9 Å². The summed E-state index contributed by atoms with van der Waals surface area (Å²) < 4.78 is 0. The Balaban J connectivity index is 2.17. The van der Waals surface area contributed by atoms with Crippen LogP contribution in [0.5, 0.6) is 0 Å². The highest BCUT2D eigenvalue weighted by Crippen LogP contribution is 2.35. The molecule has 1 heterocycles. The highest BCUT2D eigenvalue weighted by molar-refractivity contribution is 5.60. The Hall–Kier alpha value is -1.49. The summed E-state index contributed by atoms with van der Waals surface area (Å²) in [6.07, 6.45) is 3.75. The molecule has 0 spiro atoms. The summed E-state index contributed by atoms with van der Waals surface area (Å²) in [4.78, 5) is 2.41. The first kappa shape index (κ1) is 14.9. The van der Waals surface area contributed by atoms with Gasteiger partial charge in [0.1, 0.15) is 6.07 Å². The van der Waals surface area contributed by atoms with Gasteiger partial charge in [-0.2, -0.15) is 5.26 Å². The van der Waals surface area contributed by atoms with Gasteiger partial charge >= 0.3 is 0 Å². The van der Waals surface area contributed by atoms with Gasteiger partial charge in [0.15, 0.2) is 0 Å². The molecule has 2 rings (SSSR count). The molecule has 1 unspecified atom stereocenters. The first-order valence-corrected chi connectivity index (χ1v) is 7.67. The minimum absolute atomic E-state index is 0.390. The van der Waals surface area contributed by atoms with E-state index < -0.39 is 0 Å². The molecule has 1 fully saturated rings. The van der Waals surface area contributed by atoms with Gasteiger partial charge in [0.2, 0.25) is 0 Å². The standard InChI is InChI=1S/C18H26N2/c1-14-7-8-17(15(12-14)13-19)20-10-5-6-16(9-11-20)18(2,3)4/h7-8,12,16H,5-6,9-11H2,1-4H3. The maximum Gasteiger partial charge on any atom is 0.101 e. The summed E-state index contributed by atoms with van der Waals surface area (Å²) in [6.45, 7) is 11.2. The number of anilines is 1. The van der Waals surface area contributed by atoms with Crippen LogP contribution >= 0.6 is 0 Å². The molecule has 1 aromatic rings. The fourth-order valence-corrected chi connectivity index (χ4v) is 3.22. The van der Waals surface area contributed by atoms with E-state index in [9.17, 15) is 5.26 Å². The Morgan fingerprint density at radius 3 is 2.60 bits per heavy atom. The molecule has 1 atom stereocenters. The van der Waals surface area contributed by atoms with E-state index in [0.29, 0.717) is 5.41 Å². The van der Waals surface area contributed by atoms with Crippen LogP contribution in [0.1, 0.15) is 51.2 Å². The molecule has 2 nitrogen and oxygen atoms in total. The van der Waals surface area contributed by atoms with Crippen LogP contribution < -0.4 is 4.90 Å². The second-order valence-electron chi connectivity index (χ2n) is 7.11. The zero-order chi connectivity index (χ0) is 14.8. The molecule has 0 bridgehead atoms. The van der Waals surface area contributed by atoms with Crippen molar-refractivity contribution in [3.8, 4) is 6.07 Å². The molecule has 0 saturated carbocycles. The quantitative estimate of drug-likeness (QED) is 0.750. The van der Waals surface area contributed by atoms with Gasteiger partial charge in [0.05, 0.1) is 11.3 Å². The number of nitrogens with zero attached hydrogens (tertiary/aromatic N) is 2. The number of benzene rings is 1. The zero-order valence-electron chi connectivity index (χ0n) is 13.2. The highest BCUT2D eigenvalue weighted by Gasteiger charge is 2.27. The molecule has 0 N–H and O–H groups in total. The van der Waals surface area contributed by atoms with E-state index in [1.165, 1.54) is 19.3 Å². The van der Waals surface area contributed by atoms with Crippen LogP contribution in [0.25, 0.3) is 0 Å². The largest absolute Gasteiger partial charge is 0.370 e. The molecule has 20 heavy (non-hydrogen) atoms. The Kier molecular flexibility index (Phi) is 4.38. The fraction of sp³-hybridized carbons (Fsp3) is 0.611. The summed E-state index contributed by atoms with van der Waals surface area (Å²) in [5.41, 5.74) is 3.49. The molecule has 1 aliphatic heterocycles. The lowest BCUT2D eigenvalue weighted by molar-refractivity contribution is 0.220. The number of aryl methyl sites for hydroxylation is 1. The predicted octanol–water partition coefficient (Wildman–Crippen LogP) is 4.52. The van der Waals surface area contributed by atoms with Gasteiger partial charge in [-0.25, -0.2) is 0 Å². The van der Waals surface area contributed by atoms with Gasteiger partial charge in [-0.05, 0) is 55.2 Å². The monoisotopic (exact) mass is 270 g/mol. The van der Waals surface area contributed by atoms with Crippen molar-refractivity contribution >= 4 is 5.69 Å². The molecule has 1 aromatic carbocycles. The molecule has 1 aliphatic rings. The average Bonchev–Trinajstić information content (AvgIpc) is 2.63. The summed E-state index contributed by atoms with van der Waals surface area (Å²) in [7, 11) is 0. The van der Waals surface area contributed by atoms with Crippen LogP contribution in [0.3, 0.4) is 0 Å². The van der Waals surface area contributed by atoms with E-state index in [-0.39, 0.29) is 0 Å². The third-order valence-corrected chi connectivity index (χ3v) is 4.57. The Morgan fingerprint density at radius 1 is 1.20 bits per heavy atom. The summed E-state index contributed by atoms with van der Waals surface area (Å²) in [5, 5.41) is 9.35. The van der Waals surface area contributed by atoms with Crippen LogP contribution in [0, 0.1) is 29.6 Å². The van der Waals surface area contributed by atoms with E-state index in [1.807, 2.05) is 13.0 Å². The lowest BCUT2D eigenvalue weighted by Crippen LogP contribution is -2.26. The van der Waals surface area contributed by atoms with Crippen LogP contribution in [0.4, 0.5) is 5.69 Å². The molecular weight excluding hydrogens is 244 g/mol. The molecule has 0 radical (unpaired) electrons. The highest BCUT2D eigenvalue weighted by atomic mass is 15.1. The average molecular weight is 270 g/mol. The summed E-state index contributed by atoms with van der Waals surface area (Å²) in [6, 6.07) is 8.59. The first-order chi connectivity index (χ1) is 9.41. The van der Waals surface area contributed by atoms with E-state index in [0.717, 1.165) is 35.8 Å². The van der Waals surface area contributed by atoms with E-state index in [4.69, 9.17) is 0 Å². The SMILES string of the molecule is Cc1ccc(N2CCCC(C(C)(C)C)CC2)c(C#N)c1. The van der Waals surface area contributed by atoms with E-state index >= 15 is 0 Å². The second kappa shape index (κ2) is 5.87. The Labute approximate surface area is 123 Å². The summed E-state index contributed by atoms with van der Waals surface area (Å²) in [5.74, 6) is 0.781. The van der Waals surface area contributed by atoms with Crippen molar-refractivity contribution in [3.63, 3.8) is 0 Å². The van der Waals surface area contributed by atoms with Crippen molar-refractivity contribution in [1.29, 1.82) is 5.26 Å². The summed E-state index contributed by atoms with van der Waals surface area (Å²) >= 11 is 0. The number of nitriles is 1. The fourth-order valence-electron chi connectivity index (χ4n) is 3.22. The maximum atomic E-state index is 9.35. The van der Waals surface area contributed by atoms with Crippen molar-refractivity contribution in [2.45, 2.75) is 47.0 Å². The lowest BCUT2D eigenvalue weighted by Gasteiger charge is -2.30. The molecule has 1 saturated heterocycles. The van der Waals surface area contributed by atoms with Gasteiger partial charge in [-0.15, -0.1) is 0 Å². The predicted molar refractivity (Wildman–Crippen MR) is 84.9 cm³/mol. The molecule has 108 valence electrons. The molecule has 0 aliphatic carbocycles. The Morgan fingerprint density at radius 2 is 1.95 bits per heavy atom. The van der Waals surface area contributed by atoms with Gasteiger partial charge in [-0.1, -0.05) is 26.8 Å². The van der Waals surface area contributed by atoms with Crippen molar-refractivity contribution in [2.75, 3.05) is 18.0 Å². The van der Waals surface area contributed by atoms with Crippen LogP contribution in [-0.4, -0.2) is 13.1 Å². The normalized spacial score (nSPS) is 20.4. The minimum Gasteiger partial charge on any atom is -0.370 e. The topological polar surface area (TPSA) is 27.0 Å². The molecule has 0 amide bonds. The van der Waals surface area contributed by atoms with Gasteiger partial charge in [0, 0.05) is 13.1 Å². The Bertz CT molecular complexity index is 505. The first-order valence-electron chi connectivity index (χ1n) is 7.67. The van der Waals surface area contributed by atoms with Gasteiger partial charge < -0.3 is 4.90 Å². The third kappa shape index (κ3) is 3.33. The van der Waals surface area contributed by atoms with Gasteiger partial charge in [-0.3, -0.25) is 0 Å². The number of hydrogen-bond acceptors (Lipinski definition) is 2. The second-order valence-corrected chi connectivity index (χ2v) is 7.11. The smallest absolute Gasteiger partial charge is 0.101 e. The van der Waals surface area contributed by atoms with Crippen LogP contribution in [0.2, 0.25) is 0 Å². The number of rotatable bonds is 1. The van der Waals surface area contributed by atoms with Crippen molar-refractivity contribution in [2.24, 2.45) is 11.3 Å². The number of hydrogen-bond donors (Lipinski definition) is 0. The maximum absolute atomic E-state index is 9.35. The zero-order valence-corrected chi connectivity index (χ0v) is 13.2. The van der Waals surface area contributed by atoms with Crippen molar-refractivity contribution in [1.82, 2.24) is 0 Å². The van der Waals surface area contributed by atoms with Crippen LogP contribution in [0.15, 0.2) is 18.2 Å². The molecule has 2 heteroatoms. The van der Waals surface area contributed by atoms with Crippen molar-refractivity contribution < 1.29 is 0 Å². The van der Waals surface area contributed by atoms with Crippen molar-refractivity contribution in [3.05, 3.63) is 29.3 Å².